The van der Waals surface area contributed by atoms with E-state index in [2.05, 4.69) is 24.4 Å². The summed E-state index contributed by atoms with van der Waals surface area (Å²) >= 11 is 0. The molecule has 1 atom stereocenters. The molecule has 5 N–H and O–H groups in total. The zero-order chi connectivity index (χ0) is 24.6. The second-order valence-corrected chi connectivity index (χ2v) is 10.0. The zero-order valence-corrected chi connectivity index (χ0v) is 20.2. The number of nitrogens with one attached hydrogen (secondary N) is 2. The van der Waals surface area contributed by atoms with Crippen LogP contribution in [0.2, 0.25) is 0 Å². The maximum atomic E-state index is 12.2. The van der Waals surface area contributed by atoms with Gasteiger partial charge in [-0.3, -0.25) is 4.99 Å². The number of aliphatic imine (C=N–C) groups is 1. The highest BCUT2D eigenvalue weighted by Crippen LogP contribution is 2.35. The van der Waals surface area contributed by atoms with Crippen LogP contribution >= 0.6 is 0 Å². The highest BCUT2D eigenvalue weighted by molar-refractivity contribution is 7.89. The maximum absolute atomic E-state index is 12.2. The molecule has 1 aromatic carbocycles. The highest BCUT2D eigenvalue weighted by atomic mass is 32.2. The van der Waals surface area contributed by atoms with E-state index < -0.39 is 21.7 Å². The fourth-order valence-corrected chi connectivity index (χ4v) is 4.18. The van der Waals surface area contributed by atoms with E-state index in [0.717, 1.165) is 0 Å². The van der Waals surface area contributed by atoms with E-state index in [1.54, 1.807) is 56.4 Å². The Morgan fingerprint density at radius 3 is 2.39 bits per heavy atom. The lowest BCUT2D eigenvalue weighted by Gasteiger charge is -2.30. The molecule has 1 aliphatic rings. The summed E-state index contributed by atoms with van der Waals surface area (Å²) in [5.74, 6) is 1.13. The predicted octanol–water partition coefficient (Wildman–Crippen LogP) is 2.35. The predicted molar refractivity (Wildman–Crippen MR) is 130 cm³/mol. The Bertz CT molecular complexity index is 1240. The Labute approximate surface area is 193 Å². The van der Waals surface area contributed by atoms with Crippen LogP contribution in [0.25, 0.3) is 0 Å². The number of phenols is 1. The summed E-state index contributed by atoms with van der Waals surface area (Å²) in [4.78, 5) is 5.96. The van der Waals surface area contributed by atoms with Gasteiger partial charge in [-0.05, 0) is 23.6 Å². The number of amidine groups is 3. The van der Waals surface area contributed by atoms with Crippen LogP contribution in [0.3, 0.4) is 0 Å². The van der Waals surface area contributed by atoms with Crippen LogP contribution in [0.15, 0.2) is 48.5 Å². The van der Waals surface area contributed by atoms with Crippen molar-refractivity contribution in [3.05, 3.63) is 41.7 Å². The van der Waals surface area contributed by atoms with Crippen LogP contribution in [-0.2, 0) is 10.2 Å². The first-order valence-electron chi connectivity index (χ1n) is 10.1. The lowest BCUT2D eigenvalue weighted by Crippen LogP contribution is -2.41. The topological polar surface area (TPSA) is 158 Å². The van der Waals surface area contributed by atoms with E-state index in [0.29, 0.717) is 17.2 Å². The third-order valence-corrected chi connectivity index (χ3v) is 5.71. The molecule has 1 aromatic heterocycles. The van der Waals surface area contributed by atoms with Gasteiger partial charge in [-0.25, -0.2) is 0 Å². The molecule has 0 aliphatic carbocycles. The molecular weight excluding hydrogens is 446 g/mol. The van der Waals surface area contributed by atoms with Crippen LogP contribution in [0, 0.1) is 5.41 Å². The van der Waals surface area contributed by atoms with Gasteiger partial charge >= 0.3 is 10.2 Å². The van der Waals surface area contributed by atoms with Crippen molar-refractivity contribution in [2.75, 3.05) is 32.2 Å². The van der Waals surface area contributed by atoms with Crippen molar-refractivity contribution in [3.63, 3.8) is 0 Å². The molecule has 0 saturated carbocycles. The second kappa shape index (κ2) is 8.77. The van der Waals surface area contributed by atoms with Gasteiger partial charge in [0.25, 0.3) is 0 Å². The Kier molecular flexibility index (Phi) is 6.41. The van der Waals surface area contributed by atoms with Crippen molar-refractivity contribution in [1.82, 2.24) is 10.2 Å². The largest absolute Gasteiger partial charge is 0.505 e. The summed E-state index contributed by atoms with van der Waals surface area (Å²) in [6.07, 6.45) is 0. The minimum atomic E-state index is -4.11. The molecule has 0 fully saturated rings. The SMILES string of the molecule is C/N=C(/c1cccc(NC2=NS(=O)(=O)N=C2N[C@@H](c2ccc(N)o2)C(C)(C)C)c1O)N(C)C. The van der Waals surface area contributed by atoms with E-state index >= 15 is 0 Å². The quantitative estimate of drug-likeness (QED) is 0.298. The van der Waals surface area contributed by atoms with Gasteiger partial charge in [0, 0.05) is 27.2 Å². The minimum absolute atomic E-state index is 0.00769. The number of para-hydroxylation sites is 1. The van der Waals surface area contributed by atoms with Crippen molar-refractivity contribution in [3.8, 4) is 5.75 Å². The molecule has 0 radical (unpaired) electrons. The van der Waals surface area contributed by atoms with Gasteiger partial charge in [0.1, 0.15) is 17.3 Å². The summed E-state index contributed by atoms with van der Waals surface area (Å²) in [6.45, 7) is 5.87. The Balaban J connectivity index is 1.97. The van der Waals surface area contributed by atoms with E-state index in [1.807, 2.05) is 20.8 Å². The molecule has 33 heavy (non-hydrogen) atoms. The molecule has 2 aromatic rings. The number of nitrogens with two attached hydrogens (primary N) is 1. The summed E-state index contributed by atoms with van der Waals surface area (Å²) in [7, 11) is 1.12. The van der Waals surface area contributed by atoms with Crippen molar-refractivity contribution >= 4 is 39.3 Å². The van der Waals surface area contributed by atoms with Gasteiger partial charge in [-0.15, -0.1) is 8.80 Å². The molecular formula is C21H29N7O4S. The average molecular weight is 476 g/mol. The summed E-state index contributed by atoms with van der Waals surface area (Å²) in [5.41, 5.74) is 6.05. The van der Waals surface area contributed by atoms with E-state index in [9.17, 15) is 13.5 Å². The molecule has 11 nitrogen and oxygen atoms in total. The number of anilines is 2. The number of aromatic hydroxyl groups is 1. The lowest BCUT2D eigenvalue weighted by atomic mass is 9.85. The van der Waals surface area contributed by atoms with Crippen molar-refractivity contribution in [2.45, 2.75) is 26.8 Å². The van der Waals surface area contributed by atoms with Gasteiger partial charge in [0.15, 0.2) is 17.6 Å². The molecule has 1 aliphatic heterocycles. The zero-order valence-electron chi connectivity index (χ0n) is 19.4. The summed E-state index contributed by atoms with van der Waals surface area (Å²) in [6, 6.07) is 7.89. The van der Waals surface area contributed by atoms with Gasteiger partial charge in [0.2, 0.25) is 0 Å². The highest BCUT2D eigenvalue weighted by Gasteiger charge is 2.34. The third kappa shape index (κ3) is 5.28. The number of benzene rings is 1. The lowest BCUT2D eigenvalue weighted by molar-refractivity contribution is 0.266. The molecule has 178 valence electrons. The fraction of sp³-hybridized carbons (Fsp3) is 0.381. The molecule has 3 rings (SSSR count). The first kappa shape index (κ1) is 24.1. The number of hydrogen-bond acceptors (Lipinski definition) is 8. The molecule has 12 heteroatoms. The van der Waals surface area contributed by atoms with Crippen LogP contribution in [0.1, 0.15) is 38.1 Å². The Hall–Kier alpha value is -3.54. The number of nitrogens with zero attached hydrogens (tertiary/aromatic N) is 4. The van der Waals surface area contributed by atoms with Gasteiger partial charge in [0.05, 0.1) is 17.3 Å². The monoisotopic (exact) mass is 475 g/mol. The standard InChI is InChI=1S/C21H29N7O4S/c1-21(2,3)17(14-10-11-15(22)32-14)25-19-18(26-33(30,31)27-19)24-13-9-7-8-12(16(13)29)20(23-4)28(5)6/h7-11,17,29H,22H2,1-6H3,(H,24,26)(H,25,27)/b23-20-/t17-/m0/s1. The molecule has 0 saturated heterocycles. The van der Waals surface area contributed by atoms with Crippen molar-refractivity contribution < 1.29 is 17.9 Å². The average Bonchev–Trinajstić information content (AvgIpc) is 3.24. The van der Waals surface area contributed by atoms with Gasteiger partial charge in [-0.2, -0.15) is 8.42 Å². The second-order valence-electron chi connectivity index (χ2n) is 8.78. The molecule has 0 amide bonds. The normalized spacial score (nSPS) is 16.7. The number of phenolic OH excluding ortho intramolecular Hbond substituents is 1. The smallest absolute Gasteiger partial charge is 0.367 e. The Morgan fingerprint density at radius 2 is 1.85 bits per heavy atom. The maximum Gasteiger partial charge on any atom is 0.367 e. The van der Waals surface area contributed by atoms with E-state index in [4.69, 9.17) is 10.2 Å². The van der Waals surface area contributed by atoms with Gasteiger partial charge < -0.3 is 30.8 Å². The fourth-order valence-electron chi connectivity index (χ4n) is 3.40. The molecule has 0 bridgehead atoms. The van der Waals surface area contributed by atoms with Crippen LogP contribution in [0.5, 0.6) is 5.75 Å². The minimum Gasteiger partial charge on any atom is -0.505 e. The van der Waals surface area contributed by atoms with E-state index in [1.165, 1.54) is 0 Å². The summed E-state index contributed by atoms with van der Waals surface area (Å²) < 4.78 is 37.5. The molecule has 0 spiro atoms. The first-order chi connectivity index (χ1) is 15.3. The number of furan rings is 1. The third-order valence-electron chi connectivity index (χ3n) is 4.88. The molecule has 2 heterocycles. The van der Waals surface area contributed by atoms with Crippen LogP contribution in [-0.4, -0.2) is 57.1 Å². The van der Waals surface area contributed by atoms with Crippen LogP contribution in [0.4, 0.5) is 11.6 Å². The van der Waals surface area contributed by atoms with Crippen molar-refractivity contribution in [2.24, 2.45) is 19.2 Å². The molecule has 0 unspecified atom stereocenters. The number of nitrogen functional groups attached to an aromatic ring is 1. The van der Waals surface area contributed by atoms with Gasteiger partial charge in [-0.1, -0.05) is 26.8 Å². The summed E-state index contributed by atoms with van der Waals surface area (Å²) in [5, 5.41) is 16.8. The number of hydrogen-bond donors (Lipinski definition) is 4. The van der Waals surface area contributed by atoms with E-state index in [-0.39, 0.29) is 29.0 Å². The Morgan fingerprint density at radius 1 is 1.18 bits per heavy atom. The van der Waals surface area contributed by atoms with Crippen molar-refractivity contribution in [1.29, 1.82) is 0 Å². The van der Waals surface area contributed by atoms with Crippen LogP contribution < -0.4 is 16.4 Å². The first-order valence-corrected chi connectivity index (χ1v) is 11.5. The number of rotatable bonds is 4.